The summed E-state index contributed by atoms with van der Waals surface area (Å²) in [5, 5.41) is 0. The van der Waals surface area contributed by atoms with E-state index < -0.39 is 0 Å². The zero-order valence-electron chi connectivity index (χ0n) is 15.1. The third-order valence-corrected chi connectivity index (χ3v) is 5.30. The van der Waals surface area contributed by atoms with E-state index in [2.05, 4.69) is 9.55 Å². The number of likely N-dealkylation sites (tertiary alicyclic amines) is 1. The van der Waals surface area contributed by atoms with Gasteiger partial charge in [-0.3, -0.25) is 0 Å². The van der Waals surface area contributed by atoms with Crippen LogP contribution < -0.4 is 0 Å². The van der Waals surface area contributed by atoms with Crippen LogP contribution in [0.1, 0.15) is 24.2 Å². The van der Waals surface area contributed by atoms with E-state index in [1.807, 2.05) is 59.5 Å². The number of rotatable bonds is 5. The Bertz CT molecular complexity index is 926. The minimum Gasteiger partial charge on any atom is -0.445 e. The molecule has 0 spiro atoms. The SMILES string of the molecule is O=C(OCc1ccccc1)N1CCCC1Cn1c(CCl)nc2ccccc21. The van der Waals surface area contributed by atoms with Crippen LogP contribution in [0.3, 0.4) is 0 Å². The number of aromatic nitrogens is 2. The number of carbonyl (C=O) groups excluding carboxylic acids is 1. The van der Waals surface area contributed by atoms with Crippen molar-refractivity contribution in [3.63, 3.8) is 0 Å². The molecule has 1 aliphatic rings. The van der Waals surface area contributed by atoms with Gasteiger partial charge < -0.3 is 14.2 Å². The monoisotopic (exact) mass is 383 g/mol. The largest absolute Gasteiger partial charge is 0.445 e. The van der Waals surface area contributed by atoms with Crippen molar-refractivity contribution in [3.05, 3.63) is 66.0 Å². The lowest BCUT2D eigenvalue weighted by Crippen LogP contribution is -2.38. The van der Waals surface area contributed by atoms with Crippen molar-refractivity contribution in [2.24, 2.45) is 0 Å². The molecule has 3 aromatic rings. The highest BCUT2D eigenvalue weighted by molar-refractivity contribution is 6.16. The molecule has 2 aromatic carbocycles. The molecule has 1 unspecified atom stereocenters. The number of halogens is 1. The van der Waals surface area contributed by atoms with E-state index in [0.29, 0.717) is 19.0 Å². The van der Waals surface area contributed by atoms with E-state index in [0.717, 1.165) is 41.8 Å². The second-order valence-electron chi connectivity index (χ2n) is 6.79. The molecule has 1 saturated heterocycles. The summed E-state index contributed by atoms with van der Waals surface area (Å²) in [7, 11) is 0. The van der Waals surface area contributed by atoms with Crippen LogP contribution in [-0.4, -0.2) is 33.1 Å². The molecule has 0 radical (unpaired) electrons. The van der Waals surface area contributed by atoms with Crippen LogP contribution in [0.25, 0.3) is 11.0 Å². The summed E-state index contributed by atoms with van der Waals surface area (Å²) in [6.45, 7) is 1.70. The van der Waals surface area contributed by atoms with Gasteiger partial charge in [-0.1, -0.05) is 42.5 Å². The molecule has 0 aliphatic carbocycles. The molecule has 1 aromatic heterocycles. The third kappa shape index (κ3) is 3.78. The van der Waals surface area contributed by atoms with Gasteiger partial charge in [0.2, 0.25) is 0 Å². The minimum atomic E-state index is -0.252. The average Bonchev–Trinajstić information content (AvgIpc) is 3.32. The van der Waals surface area contributed by atoms with Gasteiger partial charge >= 0.3 is 6.09 Å². The predicted octanol–water partition coefficient (Wildman–Crippen LogP) is 4.58. The second-order valence-corrected chi connectivity index (χ2v) is 7.06. The van der Waals surface area contributed by atoms with E-state index in [1.165, 1.54) is 0 Å². The number of alkyl halides is 1. The number of carbonyl (C=O) groups is 1. The Morgan fingerprint density at radius 1 is 1.15 bits per heavy atom. The lowest BCUT2D eigenvalue weighted by molar-refractivity contribution is 0.0895. The Balaban J connectivity index is 1.48. The first kappa shape index (κ1) is 17.9. The molecule has 2 heterocycles. The van der Waals surface area contributed by atoms with E-state index in [-0.39, 0.29) is 12.1 Å². The summed E-state index contributed by atoms with van der Waals surface area (Å²) in [6, 6.07) is 17.9. The average molecular weight is 384 g/mol. The molecule has 0 N–H and O–H groups in total. The number of fused-ring (bicyclic) bond motifs is 1. The molecule has 1 aliphatic heterocycles. The van der Waals surface area contributed by atoms with Crippen LogP contribution >= 0.6 is 11.6 Å². The number of ether oxygens (including phenoxy) is 1. The van der Waals surface area contributed by atoms with Gasteiger partial charge in [0, 0.05) is 13.1 Å². The summed E-state index contributed by atoms with van der Waals surface area (Å²) in [6.07, 6.45) is 1.68. The van der Waals surface area contributed by atoms with Crippen LogP contribution in [-0.2, 0) is 23.8 Å². The Labute approximate surface area is 163 Å². The maximum absolute atomic E-state index is 12.6. The van der Waals surface area contributed by atoms with Crippen molar-refractivity contribution < 1.29 is 9.53 Å². The van der Waals surface area contributed by atoms with Crippen molar-refractivity contribution in [3.8, 4) is 0 Å². The van der Waals surface area contributed by atoms with Gasteiger partial charge in [0.1, 0.15) is 12.4 Å². The third-order valence-electron chi connectivity index (χ3n) is 5.06. The van der Waals surface area contributed by atoms with Crippen LogP contribution in [0.15, 0.2) is 54.6 Å². The van der Waals surface area contributed by atoms with Crippen LogP contribution in [0.4, 0.5) is 4.79 Å². The van der Waals surface area contributed by atoms with Crippen molar-refractivity contribution in [1.82, 2.24) is 14.5 Å². The molecule has 140 valence electrons. The Morgan fingerprint density at radius 3 is 2.74 bits per heavy atom. The smallest absolute Gasteiger partial charge is 0.410 e. The topological polar surface area (TPSA) is 47.4 Å². The van der Waals surface area contributed by atoms with Crippen LogP contribution in [0.5, 0.6) is 0 Å². The standard InChI is InChI=1S/C21H22ClN3O2/c22-13-20-23-18-10-4-5-11-19(18)25(20)14-17-9-6-12-24(17)21(26)27-15-16-7-2-1-3-8-16/h1-5,7-8,10-11,17H,6,9,12-15H2. The van der Waals surface area contributed by atoms with Gasteiger partial charge in [-0.2, -0.15) is 0 Å². The quantitative estimate of drug-likeness (QED) is 0.606. The summed E-state index contributed by atoms with van der Waals surface area (Å²) in [5.74, 6) is 1.18. The van der Waals surface area contributed by atoms with E-state index in [9.17, 15) is 4.79 Å². The van der Waals surface area contributed by atoms with Gasteiger partial charge in [-0.05, 0) is 30.5 Å². The van der Waals surface area contributed by atoms with Gasteiger partial charge in [0.15, 0.2) is 0 Å². The van der Waals surface area contributed by atoms with Crippen molar-refractivity contribution in [2.75, 3.05) is 6.54 Å². The predicted molar refractivity (Wildman–Crippen MR) is 106 cm³/mol. The van der Waals surface area contributed by atoms with Gasteiger partial charge in [0.05, 0.1) is 23.0 Å². The molecule has 5 nitrogen and oxygen atoms in total. The summed E-state index contributed by atoms with van der Waals surface area (Å²) in [4.78, 5) is 19.1. The van der Waals surface area contributed by atoms with Gasteiger partial charge in [-0.15, -0.1) is 11.6 Å². The minimum absolute atomic E-state index is 0.0906. The molecular weight excluding hydrogens is 362 g/mol. The Kier molecular flexibility index (Phi) is 5.30. The molecule has 0 bridgehead atoms. The van der Waals surface area contributed by atoms with Crippen LogP contribution in [0, 0.1) is 0 Å². The maximum Gasteiger partial charge on any atom is 0.410 e. The fourth-order valence-corrected chi connectivity index (χ4v) is 3.91. The first-order valence-electron chi connectivity index (χ1n) is 9.23. The van der Waals surface area contributed by atoms with Crippen molar-refractivity contribution >= 4 is 28.7 Å². The van der Waals surface area contributed by atoms with E-state index in [1.54, 1.807) is 0 Å². The number of hydrogen-bond donors (Lipinski definition) is 0. The number of amides is 1. The molecule has 4 rings (SSSR count). The fraction of sp³-hybridized carbons (Fsp3) is 0.333. The Morgan fingerprint density at radius 2 is 1.93 bits per heavy atom. The van der Waals surface area contributed by atoms with Crippen LogP contribution in [0.2, 0.25) is 0 Å². The highest BCUT2D eigenvalue weighted by Gasteiger charge is 2.31. The molecule has 1 amide bonds. The van der Waals surface area contributed by atoms with E-state index in [4.69, 9.17) is 16.3 Å². The zero-order valence-corrected chi connectivity index (χ0v) is 15.8. The normalized spacial score (nSPS) is 16.8. The summed E-state index contributed by atoms with van der Waals surface area (Å²) >= 11 is 6.12. The zero-order chi connectivity index (χ0) is 18.6. The van der Waals surface area contributed by atoms with Gasteiger partial charge in [-0.25, -0.2) is 9.78 Å². The first-order valence-corrected chi connectivity index (χ1v) is 9.77. The molecular formula is C21H22ClN3O2. The first-order chi connectivity index (χ1) is 13.3. The Hall–Kier alpha value is -2.53. The molecule has 27 heavy (non-hydrogen) atoms. The number of para-hydroxylation sites is 2. The highest BCUT2D eigenvalue weighted by atomic mass is 35.5. The molecule has 1 atom stereocenters. The fourth-order valence-electron chi connectivity index (χ4n) is 3.71. The van der Waals surface area contributed by atoms with Gasteiger partial charge in [0.25, 0.3) is 0 Å². The lowest BCUT2D eigenvalue weighted by atomic mass is 10.2. The summed E-state index contributed by atoms with van der Waals surface area (Å²) < 4.78 is 7.68. The second kappa shape index (κ2) is 8.01. The number of imidazole rings is 1. The van der Waals surface area contributed by atoms with Crippen molar-refractivity contribution in [2.45, 2.75) is 37.9 Å². The number of nitrogens with zero attached hydrogens (tertiary/aromatic N) is 3. The maximum atomic E-state index is 12.6. The molecule has 1 fully saturated rings. The molecule has 6 heteroatoms. The van der Waals surface area contributed by atoms with Crippen molar-refractivity contribution in [1.29, 1.82) is 0 Å². The van der Waals surface area contributed by atoms with E-state index >= 15 is 0 Å². The summed E-state index contributed by atoms with van der Waals surface area (Å²) in [5.41, 5.74) is 2.98. The highest BCUT2D eigenvalue weighted by Crippen LogP contribution is 2.24. The molecule has 0 saturated carbocycles. The number of benzene rings is 2. The lowest BCUT2D eigenvalue weighted by Gasteiger charge is -2.25. The number of hydrogen-bond acceptors (Lipinski definition) is 3.